The SMILES string of the molecule is O=C1c2c3cscc3c3c4c(ccc(c24)COCN1C1CCCC1)C(=O)N(C1CCCC1)C3=O. The first-order chi connectivity index (χ1) is 16.6. The molecule has 0 N–H and O–H groups in total. The summed E-state index contributed by atoms with van der Waals surface area (Å²) in [6.07, 6.45) is 8.03. The second-order valence-corrected chi connectivity index (χ2v) is 10.8. The molecule has 0 radical (unpaired) electrons. The summed E-state index contributed by atoms with van der Waals surface area (Å²) in [4.78, 5) is 45.1. The van der Waals surface area contributed by atoms with E-state index in [-0.39, 0.29) is 36.5 Å². The van der Waals surface area contributed by atoms with Gasteiger partial charge >= 0.3 is 0 Å². The predicted octanol–water partition coefficient (Wildman–Crippen LogP) is 5.47. The largest absolute Gasteiger partial charge is 0.356 e. The van der Waals surface area contributed by atoms with E-state index in [0.717, 1.165) is 73.1 Å². The van der Waals surface area contributed by atoms with Gasteiger partial charge in [0.15, 0.2) is 0 Å². The molecule has 7 heteroatoms. The third-order valence-corrected chi connectivity index (χ3v) is 9.04. The summed E-state index contributed by atoms with van der Waals surface area (Å²) in [6, 6.07) is 3.89. The van der Waals surface area contributed by atoms with Crippen LogP contribution in [-0.4, -0.2) is 46.3 Å². The predicted molar refractivity (Wildman–Crippen MR) is 130 cm³/mol. The average molecular weight is 475 g/mol. The number of carbonyl (C=O) groups is 3. The highest BCUT2D eigenvalue weighted by molar-refractivity contribution is 7.09. The fourth-order valence-corrected chi connectivity index (χ4v) is 7.50. The standard InChI is InChI=1S/C27H26N2O4S/c30-25-18-10-9-15-11-33-14-28(16-5-1-2-6-16)26(31)23-19-12-34-13-20(19)24(22(18)21(15)23)27(32)29(25)17-7-3-4-8-17/h9-10,12-13,16-17H,1-8,11,14H2. The van der Waals surface area contributed by atoms with Crippen LogP contribution in [0.3, 0.4) is 0 Å². The van der Waals surface area contributed by atoms with Crippen molar-refractivity contribution in [3.63, 3.8) is 0 Å². The number of hydrogen-bond acceptors (Lipinski definition) is 5. The van der Waals surface area contributed by atoms with Crippen molar-refractivity contribution in [2.24, 2.45) is 0 Å². The maximum absolute atomic E-state index is 14.1. The van der Waals surface area contributed by atoms with Crippen LogP contribution in [0.5, 0.6) is 0 Å². The van der Waals surface area contributed by atoms with Gasteiger partial charge in [-0.25, -0.2) is 0 Å². The Bertz CT molecular complexity index is 1380. The van der Waals surface area contributed by atoms with Crippen LogP contribution in [0.1, 0.15) is 88.0 Å². The quantitative estimate of drug-likeness (QED) is 0.462. The van der Waals surface area contributed by atoms with Gasteiger partial charge in [-0.3, -0.25) is 19.3 Å². The van der Waals surface area contributed by atoms with Crippen LogP contribution in [0.2, 0.25) is 0 Å². The number of thiophene rings is 1. The van der Waals surface area contributed by atoms with Crippen molar-refractivity contribution >= 4 is 50.6 Å². The molecule has 3 amide bonds. The molecule has 0 atom stereocenters. The molecule has 2 fully saturated rings. The zero-order chi connectivity index (χ0) is 23.0. The number of imide groups is 1. The van der Waals surface area contributed by atoms with Gasteiger partial charge < -0.3 is 9.64 Å². The van der Waals surface area contributed by atoms with Gasteiger partial charge in [-0.1, -0.05) is 31.7 Å². The number of hydrogen-bond donors (Lipinski definition) is 0. The molecule has 34 heavy (non-hydrogen) atoms. The Morgan fingerprint density at radius 2 is 1.41 bits per heavy atom. The highest BCUT2D eigenvalue weighted by Crippen LogP contribution is 2.44. The first kappa shape index (κ1) is 20.6. The van der Waals surface area contributed by atoms with E-state index in [1.54, 1.807) is 0 Å². The zero-order valence-electron chi connectivity index (χ0n) is 19.0. The molecule has 2 aliphatic heterocycles. The molecule has 0 unspecified atom stereocenters. The van der Waals surface area contributed by atoms with Crippen molar-refractivity contribution in [2.75, 3.05) is 6.73 Å². The van der Waals surface area contributed by atoms with Gasteiger partial charge in [-0.2, -0.15) is 11.3 Å². The van der Waals surface area contributed by atoms with Gasteiger partial charge in [0.2, 0.25) is 0 Å². The normalized spacial score (nSPS) is 21.8. The molecule has 0 spiro atoms. The van der Waals surface area contributed by atoms with Crippen molar-refractivity contribution in [2.45, 2.75) is 70.1 Å². The van der Waals surface area contributed by atoms with E-state index in [1.807, 2.05) is 27.8 Å². The van der Waals surface area contributed by atoms with Gasteiger partial charge in [-0.15, -0.1) is 0 Å². The Morgan fingerprint density at radius 1 is 0.765 bits per heavy atom. The molecule has 0 saturated heterocycles. The van der Waals surface area contributed by atoms with Crippen LogP contribution in [0.15, 0.2) is 22.9 Å². The zero-order valence-corrected chi connectivity index (χ0v) is 19.8. The Morgan fingerprint density at radius 3 is 2.12 bits per heavy atom. The Balaban J connectivity index is 1.53. The minimum atomic E-state index is -0.223. The van der Waals surface area contributed by atoms with E-state index in [0.29, 0.717) is 28.7 Å². The molecule has 174 valence electrons. The first-order valence-corrected chi connectivity index (χ1v) is 13.3. The highest BCUT2D eigenvalue weighted by atomic mass is 32.1. The molecule has 7 rings (SSSR count). The Labute approximate surface area is 201 Å². The first-order valence-electron chi connectivity index (χ1n) is 12.4. The molecule has 1 aromatic heterocycles. The average Bonchev–Trinajstić information content (AvgIpc) is 3.61. The smallest absolute Gasteiger partial charge is 0.262 e. The van der Waals surface area contributed by atoms with Crippen molar-refractivity contribution in [3.8, 4) is 0 Å². The van der Waals surface area contributed by atoms with Crippen LogP contribution in [-0.2, 0) is 11.3 Å². The van der Waals surface area contributed by atoms with E-state index in [4.69, 9.17) is 4.74 Å². The molecule has 3 aromatic rings. The third kappa shape index (κ3) is 2.74. The summed E-state index contributed by atoms with van der Waals surface area (Å²) in [5, 5.41) is 6.97. The minimum absolute atomic E-state index is 0.0435. The lowest BCUT2D eigenvalue weighted by Crippen LogP contribution is -2.46. The Hall–Kier alpha value is -2.77. The number of amides is 3. The fraction of sp³-hybridized carbons (Fsp3) is 0.444. The molecule has 3 heterocycles. The van der Waals surface area contributed by atoms with Crippen LogP contribution >= 0.6 is 11.3 Å². The van der Waals surface area contributed by atoms with Crippen LogP contribution in [0.4, 0.5) is 0 Å². The summed E-state index contributed by atoms with van der Waals surface area (Å²) >= 11 is 1.51. The minimum Gasteiger partial charge on any atom is -0.356 e. The molecular weight excluding hydrogens is 448 g/mol. The summed E-state index contributed by atoms with van der Waals surface area (Å²) in [5.74, 6) is -0.475. The van der Waals surface area contributed by atoms with E-state index in [2.05, 4.69) is 0 Å². The van der Waals surface area contributed by atoms with Crippen molar-refractivity contribution < 1.29 is 19.1 Å². The second kappa shape index (κ2) is 7.62. The van der Waals surface area contributed by atoms with Gasteiger partial charge in [0, 0.05) is 39.2 Å². The number of ether oxygens (including phenoxy) is 1. The number of fused-ring (bicyclic) bond motifs is 3. The lowest BCUT2D eigenvalue weighted by Gasteiger charge is -2.35. The highest BCUT2D eigenvalue weighted by Gasteiger charge is 2.42. The van der Waals surface area contributed by atoms with Gasteiger partial charge in [-0.05, 0) is 48.1 Å². The lowest BCUT2D eigenvalue weighted by molar-refractivity contribution is 0.00148. The Kier molecular flexibility index (Phi) is 4.61. The van der Waals surface area contributed by atoms with Crippen molar-refractivity contribution in [3.05, 3.63) is 45.1 Å². The second-order valence-electron chi connectivity index (χ2n) is 10.1. The van der Waals surface area contributed by atoms with Crippen LogP contribution in [0, 0.1) is 0 Å². The lowest BCUT2D eigenvalue weighted by atomic mass is 9.84. The van der Waals surface area contributed by atoms with Crippen LogP contribution in [0.25, 0.3) is 21.5 Å². The third-order valence-electron chi connectivity index (χ3n) is 8.29. The summed E-state index contributed by atoms with van der Waals surface area (Å²) in [6.45, 7) is 0.622. The topological polar surface area (TPSA) is 66.9 Å². The molecule has 0 bridgehead atoms. The van der Waals surface area contributed by atoms with Gasteiger partial charge in [0.1, 0.15) is 6.73 Å². The maximum atomic E-state index is 14.1. The maximum Gasteiger partial charge on any atom is 0.262 e. The summed E-state index contributed by atoms with van der Waals surface area (Å²) in [7, 11) is 0. The van der Waals surface area contributed by atoms with Gasteiger partial charge in [0.05, 0.1) is 17.7 Å². The number of carbonyl (C=O) groups excluding carboxylic acids is 3. The number of benzene rings is 2. The number of nitrogens with zero attached hydrogens (tertiary/aromatic N) is 2. The molecule has 2 saturated carbocycles. The molecule has 2 aromatic carbocycles. The van der Waals surface area contributed by atoms with E-state index >= 15 is 0 Å². The number of rotatable bonds is 2. The summed E-state index contributed by atoms with van der Waals surface area (Å²) < 4.78 is 6.03. The van der Waals surface area contributed by atoms with Crippen molar-refractivity contribution in [1.29, 1.82) is 0 Å². The van der Waals surface area contributed by atoms with E-state index < -0.39 is 0 Å². The fourth-order valence-electron chi connectivity index (χ4n) is 6.67. The van der Waals surface area contributed by atoms with Crippen molar-refractivity contribution in [1.82, 2.24) is 9.80 Å². The molecular formula is C27H26N2O4S. The van der Waals surface area contributed by atoms with Gasteiger partial charge in [0.25, 0.3) is 17.7 Å². The van der Waals surface area contributed by atoms with Crippen LogP contribution < -0.4 is 0 Å². The van der Waals surface area contributed by atoms with E-state index in [1.165, 1.54) is 16.2 Å². The molecule has 4 aliphatic rings. The summed E-state index contributed by atoms with van der Waals surface area (Å²) in [5.41, 5.74) is 2.63. The molecule has 2 aliphatic carbocycles. The monoisotopic (exact) mass is 474 g/mol. The van der Waals surface area contributed by atoms with E-state index in [9.17, 15) is 14.4 Å². The molecule has 6 nitrogen and oxygen atoms in total.